The van der Waals surface area contributed by atoms with Crippen LogP contribution in [0.15, 0.2) is 28.7 Å². The maximum absolute atomic E-state index is 5.60. The van der Waals surface area contributed by atoms with Crippen LogP contribution in [0, 0.1) is 6.92 Å². The van der Waals surface area contributed by atoms with Crippen LogP contribution in [-0.4, -0.2) is 4.98 Å². The van der Waals surface area contributed by atoms with Crippen LogP contribution in [0.25, 0.3) is 11.5 Å². The van der Waals surface area contributed by atoms with Crippen molar-refractivity contribution in [2.75, 3.05) is 0 Å². The molecular formula is C14H18N2O. The highest BCUT2D eigenvalue weighted by molar-refractivity contribution is 5.54. The third-order valence-electron chi connectivity index (χ3n) is 2.91. The molecule has 2 N–H and O–H groups in total. The molecule has 0 amide bonds. The highest BCUT2D eigenvalue weighted by Gasteiger charge is 2.10. The van der Waals surface area contributed by atoms with Crippen molar-refractivity contribution in [3.05, 3.63) is 41.3 Å². The van der Waals surface area contributed by atoms with Crippen LogP contribution in [0.2, 0.25) is 0 Å². The molecule has 0 aliphatic rings. The SMILES string of the molecule is Cc1oc(-c2ccc(C(C)C)cc2)nc1CN. The summed E-state index contributed by atoms with van der Waals surface area (Å²) in [5.41, 5.74) is 8.72. The zero-order valence-corrected chi connectivity index (χ0v) is 10.5. The highest BCUT2D eigenvalue weighted by atomic mass is 16.4. The summed E-state index contributed by atoms with van der Waals surface area (Å²) >= 11 is 0. The summed E-state index contributed by atoms with van der Waals surface area (Å²) in [7, 11) is 0. The predicted octanol–water partition coefficient (Wildman–Crippen LogP) is 3.23. The molecular weight excluding hydrogens is 212 g/mol. The molecule has 3 heteroatoms. The first kappa shape index (κ1) is 11.9. The van der Waals surface area contributed by atoms with Gasteiger partial charge in [-0.15, -0.1) is 0 Å². The third kappa shape index (κ3) is 2.39. The van der Waals surface area contributed by atoms with Gasteiger partial charge in [0, 0.05) is 12.1 Å². The van der Waals surface area contributed by atoms with Gasteiger partial charge in [0.05, 0.1) is 5.69 Å². The number of nitrogens with zero attached hydrogens (tertiary/aromatic N) is 1. The van der Waals surface area contributed by atoms with E-state index in [4.69, 9.17) is 10.2 Å². The molecule has 2 rings (SSSR count). The minimum absolute atomic E-state index is 0.416. The lowest BCUT2D eigenvalue weighted by Crippen LogP contribution is -1.97. The van der Waals surface area contributed by atoms with Crippen molar-refractivity contribution in [1.82, 2.24) is 4.98 Å². The Morgan fingerprint density at radius 1 is 1.24 bits per heavy atom. The molecule has 0 spiro atoms. The quantitative estimate of drug-likeness (QED) is 0.880. The molecule has 0 saturated carbocycles. The van der Waals surface area contributed by atoms with Gasteiger partial charge in [-0.2, -0.15) is 0 Å². The first-order chi connectivity index (χ1) is 8.11. The van der Waals surface area contributed by atoms with Crippen molar-refractivity contribution in [2.24, 2.45) is 5.73 Å². The van der Waals surface area contributed by atoms with E-state index in [1.807, 2.05) is 19.1 Å². The lowest BCUT2D eigenvalue weighted by molar-refractivity contribution is 0.539. The number of rotatable bonds is 3. The summed E-state index contributed by atoms with van der Waals surface area (Å²) in [5, 5.41) is 0. The molecule has 90 valence electrons. The monoisotopic (exact) mass is 230 g/mol. The molecule has 3 nitrogen and oxygen atoms in total. The van der Waals surface area contributed by atoms with Crippen LogP contribution in [0.3, 0.4) is 0 Å². The van der Waals surface area contributed by atoms with Gasteiger partial charge in [-0.05, 0) is 30.5 Å². The lowest BCUT2D eigenvalue weighted by atomic mass is 10.0. The Morgan fingerprint density at radius 2 is 1.88 bits per heavy atom. The number of benzene rings is 1. The van der Waals surface area contributed by atoms with E-state index in [0.29, 0.717) is 18.4 Å². The zero-order chi connectivity index (χ0) is 12.4. The molecule has 1 heterocycles. The van der Waals surface area contributed by atoms with Crippen molar-refractivity contribution in [2.45, 2.75) is 33.2 Å². The summed E-state index contributed by atoms with van der Waals surface area (Å²) in [6, 6.07) is 8.31. The smallest absolute Gasteiger partial charge is 0.226 e. The van der Waals surface area contributed by atoms with Crippen LogP contribution >= 0.6 is 0 Å². The Bertz CT molecular complexity index is 497. The summed E-state index contributed by atoms with van der Waals surface area (Å²) in [6.07, 6.45) is 0. The van der Waals surface area contributed by atoms with E-state index >= 15 is 0 Å². The number of aromatic nitrogens is 1. The van der Waals surface area contributed by atoms with E-state index in [0.717, 1.165) is 17.0 Å². The molecule has 0 atom stereocenters. The van der Waals surface area contributed by atoms with Crippen LogP contribution < -0.4 is 5.73 Å². The number of hydrogen-bond acceptors (Lipinski definition) is 3. The second kappa shape index (κ2) is 4.72. The number of hydrogen-bond donors (Lipinski definition) is 1. The van der Waals surface area contributed by atoms with Crippen LogP contribution in [0.1, 0.15) is 36.8 Å². The molecule has 0 aliphatic carbocycles. The molecule has 0 fully saturated rings. The Balaban J connectivity index is 2.33. The second-order valence-electron chi connectivity index (χ2n) is 4.50. The second-order valence-corrected chi connectivity index (χ2v) is 4.50. The van der Waals surface area contributed by atoms with Gasteiger partial charge in [0.2, 0.25) is 5.89 Å². The molecule has 1 aromatic carbocycles. The maximum atomic E-state index is 5.60. The fraction of sp³-hybridized carbons (Fsp3) is 0.357. The van der Waals surface area contributed by atoms with E-state index in [9.17, 15) is 0 Å². The van der Waals surface area contributed by atoms with Crippen molar-refractivity contribution in [3.63, 3.8) is 0 Å². The largest absolute Gasteiger partial charge is 0.441 e. The standard InChI is InChI=1S/C14H18N2O/c1-9(2)11-4-6-12(7-5-11)14-16-13(8-15)10(3)17-14/h4-7,9H,8,15H2,1-3H3. The molecule has 0 radical (unpaired) electrons. The van der Waals surface area contributed by atoms with E-state index in [1.54, 1.807) is 0 Å². The Morgan fingerprint density at radius 3 is 2.35 bits per heavy atom. The first-order valence-corrected chi connectivity index (χ1v) is 5.88. The van der Waals surface area contributed by atoms with Gasteiger partial charge in [-0.25, -0.2) is 4.98 Å². The van der Waals surface area contributed by atoms with Crippen LogP contribution in [-0.2, 0) is 6.54 Å². The number of oxazole rings is 1. The van der Waals surface area contributed by atoms with E-state index in [-0.39, 0.29) is 0 Å². The Kier molecular flexibility index (Phi) is 3.29. The third-order valence-corrected chi connectivity index (χ3v) is 2.91. The van der Waals surface area contributed by atoms with E-state index in [2.05, 4.69) is 31.0 Å². The van der Waals surface area contributed by atoms with Crippen LogP contribution in [0.4, 0.5) is 0 Å². The zero-order valence-electron chi connectivity index (χ0n) is 10.5. The molecule has 0 bridgehead atoms. The molecule has 17 heavy (non-hydrogen) atoms. The van der Waals surface area contributed by atoms with Crippen LogP contribution in [0.5, 0.6) is 0 Å². The number of nitrogens with two attached hydrogens (primary N) is 1. The molecule has 0 aliphatic heterocycles. The summed E-state index contributed by atoms with van der Waals surface area (Å²) in [4.78, 5) is 4.38. The minimum atomic E-state index is 0.416. The molecule has 2 aromatic rings. The summed E-state index contributed by atoms with van der Waals surface area (Å²) < 4.78 is 5.60. The fourth-order valence-electron chi connectivity index (χ4n) is 1.75. The summed E-state index contributed by atoms with van der Waals surface area (Å²) in [6.45, 7) is 6.66. The van der Waals surface area contributed by atoms with Gasteiger partial charge < -0.3 is 10.2 Å². The van der Waals surface area contributed by atoms with E-state index < -0.39 is 0 Å². The van der Waals surface area contributed by atoms with Gasteiger partial charge in [0.1, 0.15) is 5.76 Å². The van der Waals surface area contributed by atoms with E-state index in [1.165, 1.54) is 5.56 Å². The topological polar surface area (TPSA) is 52.0 Å². The fourth-order valence-corrected chi connectivity index (χ4v) is 1.75. The maximum Gasteiger partial charge on any atom is 0.226 e. The van der Waals surface area contributed by atoms with Gasteiger partial charge in [-0.1, -0.05) is 26.0 Å². The lowest BCUT2D eigenvalue weighted by Gasteiger charge is -2.04. The minimum Gasteiger partial charge on any atom is -0.441 e. The van der Waals surface area contributed by atoms with Gasteiger partial charge in [-0.3, -0.25) is 0 Å². The van der Waals surface area contributed by atoms with Crippen molar-refractivity contribution in [1.29, 1.82) is 0 Å². The summed E-state index contributed by atoms with van der Waals surface area (Å²) in [5.74, 6) is 1.99. The average molecular weight is 230 g/mol. The number of aryl methyl sites for hydroxylation is 1. The Labute approximate surface area is 102 Å². The molecule has 0 saturated heterocycles. The highest BCUT2D eigenvalue weighted by Crippen LogP contribution is 2.23. The van der Waals surface area contributed by atoms with Crippen molar-refractivity contribution < 1.29 is 4.42 Å². The van der Waals surface area contributed by atoms with Gasteiger partial charge >= 0.3 is 0 Å². The van der Waals surface area contributed by atoms with Gasteiger partial charge in [0.15, 0.2) is 0 Å². The first-order valence-electron chi connectivity index (χ1n) is 5.88. The average Bonchev–Trinajstić information content (AvgIpc) is 2.70. The predicted molar refractivity (Wildman–Crippen MR) is 68.7 cm³/mol. The van der Waals surface area contributed by atoms with Crippen molar-refractivity contribution >= 4 is 0 Å². The Hall–Kier alpha value is -1.61. The van der Waals surface area contributed by atoms with Crippen molar-refractivity contribution in [3.8, 4) is 11.5 Å². The van der Waals surface area contributed by atoms with Gasteiger partial charge in [0.25, 0.3) is 0 Å². The molecule has 0 unspecified atom stereocenters. The normalized spacial score (nSPS) is 11.1. The molecule has 1 aromatic heterocycles.